The van der Waals surface area contributed by atoms with Gasteiger partial charge in [0.1, 0.15) is 11.6 Å². The highest BCUT2D eigenvalue weighted by Gasteiger charge is 2.22. The van der Waals surface area contributed by atoms with Crippen molar-refractivity contribution in [2.24, 2.45) is 0 Å². The van der Waals surface area contributed by atoms with Crippen molar-refractivity contribution in [3.63, 3.8) is 0 Å². The fourth-order valence-electron chi connectivity index (χ4n) is 1.98. The van der Waals surface area contributed by atoms with Crippen LogP contribution >= 0.6 is 38.5 Å². The van der Waals surface area contributed by atoms with Crippen molar-refractivity contribution >= 4 is 38.5 Å². The molecule has 0 heterocycles. The molecule has 0 aromatic heterocycles. The van der Waals surface area contributed by atoms with E-state index >= 15 is 0 Å². The SMILES string of the molecule is CNC(c1cc(I)ccc1Br)c1c(F)cccc1F. The first-order valence-corrected chi connectivity index (χ1v) is 7.48. The molecule has 1 nitrogen and oxygen atoms in total. The van der Waals surface area contributed by atoms with Crippen LogP contribution in [0.25, 0.3) is 0 Å². The quantitative estimate of drug-likeness (QED) is 0.689. The first-order valence-electron chi connectivity index (χ1n) is 5.60. The third-order valence-electron chi connectivity index (χ3n) is 2.85. The summed E-state index contributed by atoms with van der Waals surface area (Å²) in [5, 5.41) is 2.97. The zero-order chi connectivity index (χ0) is 14.0. The third-order valence-corrected chi connectivity index (χ3v) is 4.24. The van der Waals surface area contributed by atoms with Crippen LogP contribution in [0.15, 0.2) is 40.9 Å². The number of halogens is 4. The van der Waals surface area contributed by atoms with E-state index in [0.29, 0.717) is 0 Å². The molecule has 0 fully saturated rings. The molecule has 2 aromatic carbocycles. The Balaban J connectivity index is 2.59. The second-order valence-corrected chi connectivity index (χ2v) is 6.12. The topological polar surface area (TPSA) is 12.0 Å². The van der Waals surface area contributed by atoms with Gasteiger partial charge in [0.05, 0.1) is 6.04 Å². The van der Waals surface area contributed by atoms with Crippen molar-refractivity contribution in [2.45, 2.75) is 6.04 Å². The van der Waals surface area contributed by atoms with Gasteiger partial charge in [0.2, 0.25) is 0 Å². The number of nitrogens with one attached hydrogen (secondary N) is 1. The van der Waals surface area contributed by atoms with Crippen molar-refractivity contribution < 1.29 is 8.78 Å². The van der Waals surface area contributed by atoms with Crippen molar-refractivity contribution in [3.8, 4) is 0 Å². The van der Waals surface area contributed by atoms with Gasteiger partial charge >= 0.3 is 0 Å². The molecule has 0 radical (unpaired) electrons. The van der Waals surface area contributed by atoms with E-state index in [2.05, 4.69) is 43.8 Å². The predicted molar refractivity (Wildman–Crippen MR) is 84.1 cm³/mol. The Morgan fingerprint density at radius 1 is 1.16 bits per heavy atom. The first-order chi connectivity index (χ1) is 9.04. The maximum Gasteiger partial charge on any atom is 0.131 e. The molecule has 0 aliphatic carbocycles. The fraction of sp³-hybridized carbons (Fsp3) is 0.143. The molecule has 0 saturated heterocycles. The molecule has 0 spiro atoms. The van der Waals surface area contributed by atoms with Crippen LogP contribution in [0.4, 0.5) is 8.78 Å². The molecule has 1 N–H and O–H groups in total. The lowest BCUT2D eigenvalue weighted by Gasteiger charge is -2.20. The van der Waals surface area contributed by atoms with E-state index in [1.165, 1.54) is 18.2 Å². The van der Waals surface area contributed by atoms with Crippen LogP contribution in [0.3, 0.4) is 0 Å². The highest BCUT2D eigenvalue weighted by atomic mass is 127. The van der Waals surface area contributed by atoms with E-state index in [1.807, 2.05) is 18.2 Å². The van der Waals surface area contributed by atoms with Gasteiger partial charge in [-0.25, -0.2) is 8.78 Å². The van der Waals surface area contributed by atoms with Gasteiger partial charge in [-0.2, -0.15) is 0 Å². The molecular formula is C14H11BrF2IN. The maximum absolute atomic E-state index is 13.9. The summed E-state index contributed by atoms with van der Waals surface area (Å²) in [4.78, 5) is 0. The highest BCUT2D eigenvalue weighted by Crippen LogP contribution is 2.32. The maximum atomic E-state index is 13.9. The molecule has 2 aromatic rings. The van der Waals surface area contributed by atoms with Crippen molar-refractivity contribution in [1.82, 2.24) is 5.32 Å². The van der Waals surface area contributed by atoms with Gasteiger partial charge in [-0.05, 0) is 65.5 Å². The summed E-state index contributed by atoms with van der Waals surface area (Å²) >= 11 is 5.60. The minimum absolute atomic E-state index is 0.0349. The standard InChI is InChI=1S/C14H11BrF2IN/c1-19-14(9-7-8(18)5-6-10(9)15)13-11(16)3-2-4-12(13)17/h2-7,14,19H,1H3. The molecular weight excluding hydrogens is 427 g/mol. The van der Waals surface area contributed by atoms with Gasteiger partial charge in [-0.15, -0.1) is 0 Å². The summed E-state index contributed by atoms with van der Waals surface area (Å²) in [5.74, 6) is -1.10. The minimum atomic E-state index is -0.551. The summed E-state index contributed by atoms with van der Waals surface area (Å²) in [6.07, 6.45) is 0. The van der Waals surface area contributed by atoms with Gasteiger partial charge in [-0.3, -0.25) is 0 Å². The molecule has 0 saturated carbocycles. The Bertz CT molecular complexity index is 584. The van der Waals surface area contributed by atoms with Gasteiger partial charge in [0.25, 0.3) is 0 Å². The Morgan fingerprint density at radius 3 is 2.37 bits per heavy atom. The second-order valence-electron chi connectivity index (χ2n) is 4.02. The molecule has 19 heavy (non-hydrogen) atoms. The van der Waals surface area contributed by atoms with E-state index in [0.717, 1.165) is 13.6 Å². The number of benzene rings is 2. The summed E-state index contributed by atoms with van der Waals surface area (Å²) in [5.41, 5.74) is 0.839. The number of hydrogen-bond donors (Lipinski definition) is 1. The summed E-state index contributed by atoms with van der Waals surface area (Å²) in [6, 6.07) is 9.07. The lowest BCUT2D eigenvalue weighted by atomic mass is 9.98. The van der Waals surface area contributed by atoms with Crippen LogP contribution in [-0.2, 0) is 0 Å². The molecule has 1 atom stereocenters. The Morgan fingerprint density at radius 2 is 1.79 bits per heavy atom. The fourth-order valence-corrected chi connectivity index (χ4v) is 2.97. The van der Waals surface area contributed by atoms with E-state index in [1.54, 1.807) is 7.05 Å². The molecule has 0 bridgehead atoms. The highest BCUT2D eigenvalue weighted by molar-refractivity contribution is 14.1. The third kappa shape index (κ3) is 3.14. The van der Waals surface area contributed by atoms with E-state index in [4.69, 9.17) is 0 Å². The molecule has 0 aliphatic rings. The summed E-state index contributed by atoms with van der Waals surface area (Å²) < 4.78 is 29.6. The number of rotatable bonds is 3. The smallest absolute Gasteiger partial charge is 0.131 e. The lowest BCUT2D eigenvalue weighted by molar-refractivity contribution is 0.521. The first kappa shape index (κ1) is 14.9. The monoisotopic (exact) mass is 437 g/mol. The molecule has 5 heteroatoms. The summed E-state index contributed by atoms with van der Waals surface area (Å²) in [6.45, 7) is 0. The minimum Gasteiger partial charge on any atom is -0.309 e. The Labute approximate surface area is 132 Å². The van der Waals surface area contributed by atoms with Gasteiger partial charge in [0, 0.05) is 13.6 Å². The average molecular weight is 438 g/mol. The lowest BCUT2D eigenvalue weighted by Crippen LogP contribution is -2.21. The van der Waals surface area contributed by atoms with Crippen molar-refractivity contribution in [3.05, 3.63) is 67.2 Å². The van der Waals surface area contributed by atoms with E-state index in [-0.39, 0.29) is 5.56 Å². The largest absolute Gasteiger partial charge is 0.309 e. The van der Waals surface area contributed by atoms with Crippen LogP contribution in [0.2, 0.25) is 0 Å². The Kier molecular flexibility index (Phi) is 4.92. The van der Waals surface area contributed by atoms with Crippen LogP contribution in [0, 0.1) is 15.2 Å². The molecule has 0 aliphatic heterocycles. The van der Waals surface area contributed by atoms with Crippen LogP contribution < -0.4 is 5.32 Å². The molecule has 0 amide bonds. The molecule has 100 valence electrons. The number of hydrogen-bond acceptors (Lipinski definition) is 1. The van der Waals surface area contributed by atoms with Crippen LogP contribution in [0.1, 0.15) is 17.2 Å². The Hall–Kier alpha value is -0.530. The van der Waals surface area contributed by atoms with Crippen molar-refractivity contribution in [2.75, 3.05) is 7.05 Å². The van der Waals surface area contributed by atoms with Gasteiger partial charge < -0.3 is 5.32 Å². The zero-order valence-corrected chi connectivity index (χ0v) is 13.8. The van der Waals surface area contributed by atoms with Gasteiger partial charge in [0.15, 0.2) is 0 Å². The molecule has 1 unspecified atom stereocenters. The van der Waals surface area contributed by atoms with E-state index < -0.39 is 17.7 Å². The van der Waals surface area contributed by atoms with Crippen LogP contribution in [0.5, 0.6) is 0 Å². The van der Waals surface area contributed by atoms with Crippen LogP contribution in [-0.4, -0.2) is 7.05 Å². The second kappa shape index (κ2) is 6.28. The zero-order valence-electron chi connectivity index (χ0n) is 10.1. The molecule has 2 rings (SSSR count). The average Bonchev–Trinajstić information content (AvgIpc) is 2.37. The predicted octanol–water partition coefficient (Wildman–Crippen LogP) is 4.64. The van der Waals surface area contributed by atoms with E-state index in [9.17, 15) is 8.78 Å². The summed E-state index contributed by atoms with van der Waals surface area (Å²) in [7, 11) is 1.68. The normalized spacial score (nSPS) is 12.5. The van der Waals surface area contributed by atoms with Crippen molar-refractivity contribution in [1.29, 1.82) is 0 Å². The van der Waals surface area contributed by atoms with Gasteiger partial charge in [-0.1, -0.05) is 22.0 Å².